The lowest BCUT2D eigenvalue weighted by Crippen LogP contribution is -2.47. The summed E-state index contributed by atoms with van der Waals surface area (Å²) in [6.07, 6.45) is 3.09. The Balaban J connectivity index is 1.50. The van der Waals surface area contributed by atoms with Crippen LogP contribution in [0.2, 0.25) is 0 Å². The number of nitrogens with zero attached hydrogens (tertiary/aromatic N) is 1. The Hall–Kier alpha value is -3.17. The first-order valence-electron chi connectivity index (χ1n) is 12.5. The minimum Gasteiger partial charge on any atom is -0.336 e. The van der Waals surface area contributed by atoms with Crippen LogP contribution in [0.5, 0.6) is 0 Å². The molecule has 3 aromatic rings. The quantitative estimate of drug-likeness (QED) is 0.351. The summed E-state index contributed by atoms with van der Waals surface area (Å²) in [5.41, 5.74) is 2.14. The smallest absolute Gasteiger partial charge is 0.223 e. The number of piperidine rings is 1. The zero-order chi connectivity index (χ0) is 27.5. The molecule has 1 saturated heterocycles. The fourth-order valence-electron chi connectivity index (χ4n) is 5.28. The molecule has 0 spiro atoms. The van der Waals surface area contributed by atoms with E-state index in [0.29, 0.717) is 36.9 Å². The largest absolute Gasteiger partial charge is 0.336 e. The number of hydrogen-bond donors (Lipinski definition) is 1. The first-order valence-corrected chi connectivity index (χ1v) is 14.4. The number of amides is 1. The lowest BCUT2D eigenvalue weighted by Gasteiger charge is -2.44. The first-order chi connectivity index (χ1) is 18.0. The normalized spacial score (nSPS) is 19.0. The lowest BCUT2D eigenvalue weighted by molar-refractivity contribution is -0.138. The Labute approximate surface area is 221 Å². The van der Waals surface area contributed by atoms with Crippen LogP contribution in [0, 0.1) is 17.5 Å². The van der Waals surface area contributed by atoms with Crippen LogP contribution >= 0.6 is 0 Å². The summed E-state index contributed by atoms with van der Waals surface area (Å²) in [4.78, 5) is 15.3. The molecule has 1 fully saturated rings. The van der Waals surface area contributed by atoms with E-state index in [1.54, 1.807) is 24.3 Å². The monoisotopic (exact) mass is 544 g/mol. The predicted molar refractivity (Wildman–Crippen MR) is 141 cm³/mol. The van der Waals surface area contributed by atoms with Crippen LogP contribution in [0.3, 0.4) is 0 Å². The summed E-state index contributed by atoms with van der Waals surface area (Å²) in [5.74, 6) is -1.67. The number of likely N-dealkylation sites (tertiary alicyclic amines) is 1. The van der Waals surface area contributed by atoms with E-state index < -0.39 is 27.1 Å². The van der Waals surface area contributed by atoms with Crippen LogP contribution in [0.4, 0.5) is 13.2 Å². The highest BCUT2D eigenvalue weighted by Gasteiger charge is 2.41. The SMILES string of the molecule is C[C@@H](c1ccc(-c2ccc(F)cc2F)cc1)N1CC[C@](CCCNS(C)(=O)=O)(c2ccc(F)cc2)CC1=O. The second kappa shape index (κ2) is 11.3. The maximum atomic E-state index is 14.2. The summed E-state index contributed by atoms with van der Waals surface area (Å²) in [7, 11) is -3.32. The van der Waals surface area contributed by atoms with E-state index in [4.69, 9.17) is 0 Å². The minimum absolute atomic E-state index is 0.0437. The number of nitrogens with one attached hydrogen (secondary N) is 1. The van der Waals surface area contributed by atoms with Crippen molar-refractivity contribution < 1.29 is 26.4 Å². The Morgan fingerprint density at radius 1 is 0.974 bits per heavy atom. The topological polar surface area (TPSA) is 66.5 Å². The van der Waals surface area contributed by atoms with Crippen molar-refractivity contribution in [1.82, 2.24) is 9.62 Å². The van der Waals surface area contributed by atoms with Gasteiger partial charge in [-0.2, -0.15) is 0 Å². The van der Waals surface area contributed by atoms with E-state index in [1.807, 2.05) is 24.0 Å². The predicted octanol–water partition coefficient (Wildman–Crippen LogP) is 5.72. The molecule has 202 valence electrons. The van der Waals surface area contributed by atoms with Gasteiger partial charge in [-0.25, -0.2) is 26.3 Å². The van der Waals surface area contributed by atoms with Crippen LogP contribution in [0.25, 0.3) is 11.1 Å². The van der Waals surface area contributed by atoms with Crippen LogP contribution in [0.1, 0.15) is 49.8 Å². The highest BCUT2D eigenvalue weighted by molar-refractivity contribution is 7.88. The molecular formula is C29H31F3N2O3S. The van der Waals surface area contributed by atoms with Gasteiger partial charge in [-0.05, 0) is 67.1 Å². The van der Waals surface area contributed by atoms with Crippen LogP contribution in [0.15, 0.2) is 66.7 Å². The number of halogens is 3. The lowest BCUT2D eigenvalue weighted by atomic mass is 9.69. The van der Waals surface area contributed by atoms with E-state index in [2.05, 4.69) is 4.72 Å². The van der Waals surface area contributed by atoms with E-state index in [9.17, 15) is 26.4 Å². The molecule has 0 unspecified atom stereocenters. The maximum Gasteiger partial charge on any atom is 0.223 e. The van der Waals surface area contributed by atoms with Crippen LogP contribution in [-0.4, -0.2) is 38.6 Å². The van der Waals surface area contributed by atoms with Gasteiger partial charge in [0.2, 0.25) is 15.9 Å². The van der Waals surface area contributed by atoms with Gasteiger partial charge in [0.15, 0.2) is 0 Å². The molecule has 3 aromatic carbocycles. The van der Waals surface area contributed by atoms with E-state index in [1.165, 1.54) is 24.3 Å². The summed E-state index contributed by atoms with van der Waals surface area (Å²) < 4.78 is 66.5. The van der Waals surface area contributed by atoms with Gasteiger partial charge in [0.05, 0.1) is 12.3 Å². The Morgan fingerprint density at radius 2 is 1.63 bits per heavy atom. The first kappa shape index (κ1) is 27.9. The number of carbonyl (C=O) groups is 1. The zero-order valence-corrected chi connectivity index (χ0v) is 22.2. The molecule has 1 N–H and O–H groups in total. The maximum absolute atomic E-state index is 14.2. The third kappa shape index (κ3) is 6.45. The van der Waals surface area contributed by atoms with E-state index in [0.717, 1.165) is 23.4 Å². The fraction of sp³-hybridized carbons (Fsp3) is 0.345. The van der Waals surface area contributed by atoms with Gasteiger partial charge in [-0.15, -0.1) is 0 Å². The van der Waals surface area contributed by atoms with Crippen molar-refractivity contribution in [3.05, 3.63) is 95.3 Å². The van der Waals surface area contributed by atoms with Crippen LogP contribution < -0.4 is 4.72 Å². The van der Waals surface area contributed by atoms with Gasteiger partial charge in [0, 0.05) is 36.6 Å². The average molecular weight is 545 g/mol. The van der Waals surface area contributed by atoms with Crippen LogP contribution in [-0.2, 0) is 20.2 Å². The van der Waals surface area contributed by atoms with Crippen molar-refractivity contribution in [2.45, 2.75) is 44.1 Å². The molecule has 2 atom stereocenters. The number of carbonyl (C=O) groups excluding carboxylic acids is 1. The summed E-state index contributed by atoms with van der Waals surface area (Å²) >= 11 is 0. The Kier molecular flexibility index (Phi) is 8.28. The molecule has 38 heavy (non-hydrogen) atoms. The van der Waals surface area contributed by atoms with Crippen molar-refractivity contribution in [2.24, 2.45) is 0 Å². The summed E-state index contributed by atoms with van der Waals surface area (Å²) in [6, 6.07) is 16.6. The summed E-state index contributed by atoms with van der Waals surface area (Å²) in [6.45, 7) is 2.68. The molecule has 1 aliphatic rings. The third-order valence-electron chi connectivity index (χ3n) is 7.40. The number of sulfonamides is 1. The molecule has 1 aliphatic heterocycles. The van der Waals surface area contributed by atoms with Gasteiger partial charge in [0.1, 0.15) is 17.5 Å². The van der Waals surface area contributed by atoms with Gasteiger partial charge in [-0.3, -0.25) is 4.79 Å². The van der Waals surface area contributed by atoms with E-state index >= 15 is 0 Å². The summed E-state index contributed by atoms with van der Waals surface area (Å²) in [5, 5.41) is 0. The van der Waals surface area contributed by atoms with Gasteiger partial charge in [0.25, 0.3) is 0 Å². The Bertz CT molecular complexity index is 1400. The molecule has 0 aliphatic carbocycles. The molecule has 0 saturated carbocycles. The van der Waals surface area contributed by atoms with Crippen molar-refractivity contribution in [3.8, 4) is 11.1 Å². The van der Waals surface area contributed by atoms with Gasteiger partial charge in [-0.1, -0.05) is 36.4 Å². The second-order valence-corrected chi connectivity index (χ2v) is 11.8. The average Bonchev–Trinajstić information content (AvgIpc) is 2.86. The highest BCUT2D eigenvalue weighted by atomic mass is 32.2. The van der Waals surface area contributed by atoms with Crippen molar-refractivity contribution in [1.29, 1.82) is 0 Å². The molecule has 5 nitrogen and oxygen atoms in total. The molecular weight excluding hydrogens is 513 g/mol. The molecule has 4 rings (SSSR count). The Morgan fingerprint density at radius 3 is 2.24 bits per heavy atom. The molecule has 0 bridgehead atoms. The molecule has 1 amide bonds. The molecule has 1 heterocycles. The molecule has 9 heteroatoms. The van der Waals surface area contributed by atoms with Crippen molar-refractivity contribution >= 4 is 15.9 Å². The minimum atomic E-state index is -3.32. The number of rotatable bonds is 9. The van der Waals surface area contributed by atoms with Gasteiger partial charge >= 0.3 is 0 Å². The van der Waals surface area contributed by atoms with E-state index in [-0.39, 0.29) is 30.7 Å². The standard InChI is InChI=1S/C29H31F3N2O3S/c1-20(21-4-6-22(7-5-21)26-13-12-25(31)18-27(26)32)34-17-15-29(19-28(34)35,14-3-16-33-38(2,36)37)23-8-10-24(30)11-9-23/h4-13,18,20,33H,3,14-17,19H2,1-2H3/t20-,29-/m0/s1. The van der Waals surface area contributed by atoms with Crippen molar-refractivity contribution in [2.75, 3.05) is 19.3 Å². The number of benzene rings is 3. The van der Waals surface area contributed by atoms with Gasteiger partial charge < -0.3 is 4.90 Å². The van der Waals surface area contributed by atoms with Crippen molar-refractivity contribution in [3.63, 3.8) is 0 Å². The highest BCUT2D eigenvalue weighted by Crippen LogP contribution is 2.42. The zero-order valence-electron chi connectivity index (χ0n) is 21.4. The second-order valence-electron chi connectivity index (χ2n) is 9.99. The third-order valence-corrected chi connectivity index (χ3v) is 8.13. The fourth-order valence-corrected chi connectivity index (χ4v) is 5.80. The molecule has 0 radical (unpaired) electrons. The molecule has 0 aromatic heterocycles. The number of hydrogen-bond acceptors (Lipinski definition) is 3.